The molecule has 2 N–H and O–H groups in total. The first-order valence-electron chi connectivity index (χ1n) is 11.3. The van der Waals surface area contributed by atoms with Crippen LogP contribution in [0.3, 0.4) is 0 Å². The molecule has 1 amide bonds. The number of aromatic nitrogens is 1. The van der Waals surface area contributed by atoms with Gasteiger partial charge in [-0.15, -0.1) is 0 Å². The van der Waals surface area contributed by atoms with Crippen LogP contribution in [0, 0.1) is 24.1 Å². The number of rotatable bonds is 8. The maximum absolute atomic E-state index is 14.5. The summed E-state index contributed by atoms with van der Waals surface area (Å²) < 4.78 is 79.3. The molecule has 0 radical (unpaired) electrons. The third-order valence-electron chi connectivity index (χ3n) is 5.77. The van der Waals surface area contributed by atoms with Gasteiger partial charge in [-0.3, -0.25) is 4.79 Å². The number of nitrogens with one attached hydrogen (secondary N) is 2. The lowest BCUT2D eigenvalue weighted by Crippen LogP contribution is -2.28. The zero-order valence-electron chi connectivity index (χ0n) is 20.6. The van der Waals surface area contributed by atoms with Gasteiger partial charge in [-0.25, -0.2) is 22.5 Å². The van der Waals surface area contributed by atoms with E-state index in [1.807, 2.05) is 6.07 Å². The monoisotopic (exact) mass is 548 g/mol. The number of hydrogen-bond donors (Lipinski definition) is 2. The maximum Gasteiger partial charge on any atom is 0.433 e. The molecule has 1 aromatic heterocycles. The standard InChI is InChI=1S/C26H24F4N4O3S/c1-15-4-5-18(12-31)21(10-15)24-20(8-9-23(34-24)26(28,29)30)13-32-25(35)16(2)17-6-7-19(22(27)11-17)14-33-38(3,36)37/h4-11,16,33H,13-14H2,1-3H3,(H,32,35). The molecule has 0 saturated carbocycles. The SMILES string of the molecule is Cc1ccc(C#N)c(-c2nc(C(F)(F)F)ccc2CNC(=O)C(C)c2ccc(CNS(C)(=O)=O)c(F)c2)c1. The molecule has 2 aromatic carbocycles. The third-order valence-corrected chi connectivity index (χ3v) is 6.44. The summed E-state index contributed by atoms with van der Waals surface area (Å²) in [5.41, 5.74) is 0.496. The Balaban J connectivity index is 1.85. The minimum atomic E-state index is -4.71. The number of hydrogen-bond acceptors (Lipinski definition) is 5. The summed E-state index contributed by atoms with van der Waals surface area (Å²) in [7, 11) is -3.52. The summed E-state index contributed by atoms with van der Waals surface area (Å²) in [5.74, 6) is -2.06. The highest BCUT2D eigenvalue weighted by atomic mass is 32.2. The van der Waals surface area contributed by atoms with Gasteiger partial charge >= 0.3 is 6.18 Å². The number of benzene rings is 2. The minimum absolute atomic E-state index is 0.0817. The van der Waals surface area contributed by atoms with Crippen LogP contribution in [0.1, 0.15) is 46.4 Å². The number of nitriles is 1. The number of amides is 1. The Labute approximate surface area is 217 Å². The summed E-state index contributed by atoms with van der Waals surface area (Å²) in [6.07, 6.45) is -3.77. The van der Waals surface area contributed by atoms with Crippen molar-refractivity contribution in [3.63, 3.8) is 0 Å². The minimum Gasteiger partial charge on any atom is -0.351 e. The normalized spacial score (nSPS) is 12.6. The van der Waals surface area contributed by atoms with Gasteiger partial charge < -0.3 is 5.32 Å². The second-order valence-corrected chi connectivity index (χ2v) is 10.6. The molecule has 3 rings (SSSR count). The average molecular weight is 549 g/mol. The number of pyridine rings is 1. The van der Waals surface area contributed by atoms with Crippen molar-refractivity contribution in [1.82, 2.24) is 15.0 Å². The first-order valence-corrected chi connectivity index (χ1v) is 13.2. The van der Waals surface area contributed by atoms with Crippen molar-refractivity contribution in [2.24, 2.45) is 0 Å². The van der Waals surface area contributed by atoms with Crippen LogP contribution in [0.15, 0.2) is 48.5 Å². The molecule has 0 bridgehead atoms. The molecule has 0 saturated heterocycles. The van der Waals surface area contributed by atoms with Gasteiger partial charge in [-0.1, -0.05) is 29.8 Å². The largest absolute Gasteiger partial charge is 0.433 e. The van der Waals surface area contributed by atoms with Crippen molar-refractivity contribution in [3.8, 4) is 17.3 Å². The Morgan fingerprint density at radius 1 is 1.08 bits per heavy atom. The summed E-state index contributed by atoms with van der Waals surface area (Å²) in [4.78, 5) is 16.6. The van der Waals surface area contributed by atoms with Gasteiger partial charge in [0, 0.05) is 24.2 Å². The van der Waals surface area contributed by atoms with Crippen molar-refractivity contribution < 1.29 is 30.8 Å². The quantitative estimate of drug-likeness (QED) is 0.401. The van der Waals surface area contributed by atoms with E-state index in [1.54, 1.807) is 19.1 Å². The summed E-state index contributed by atoms with van der Waals surface area (Å²) in [6, 6.07) is 12.6. The van der Waals surface area contributed by atoms with Gasteiger partial charge in [-0.05, 0) is 49.2 Å². The maximum atomic E-state index is 14.5. The lowest BCUT2D eigenvalue weighted by Gasteiger charge is -2.17. The Bertz CT molecular complexity index is 1520. The lowest BCUT2D eigenvalue weighted by molar-refractivity contribution is -0.141. The smallest absolute Gasteiger partial charge is 0.351 e. The van der Waals surface area contributed by atoms with Gasteiger partial charge in [0.05, 0.1) is 29.5 Å². The van der Waals surface area contributed by atoms with Gasteiger partial charge in [-0.2, -0.15) is 18.4 Å². The molecule has 200 valence electrons. The third kappa shape index (κ3) is 7.14. The van der Waals surface area contributed by atoms with E-state index in [-0.39, 0.29) is 41.0 Å². The molecule has 0 spiro atoms. The molecule has 12 heteroatoms. The van der Waals surface area contributed by atoms with Crippen LogP contribution in [0.2, 0.25) is 0 Å². The molecule has 0 fully saturated rings. The first-order chi connectivity index (χ1) is 17.7. The van der Waals surface area contributed by atoms with Crippen LogP contribution in [0.25, 0.3) is 11.3 Å². The van der Waals surface area contributed by atoms with Crippen molar-refractivity contribution in [1.29, 1.82) is 5.26 Å². The number of alkyl halides is 3. The lowest BCUT2D eigenvalue weighted by atomic mass is 9.97. The van der Waals surface area contributed by atoms with E-state index in [0.29, 0.717) is 11.1 Å². The highest BCUT2D eigenvalue weighted by Gasteiger charge is 2.33. The van der Waals surface area contributed by atoms with Crippen LogP contribution < -0.4 is 10.0 Å². The molecule has 0 aliphatic heterocycles. The van der Waals surface area contributed by atoms with Crippen LogP contribution in [0.5, 0.6) is 0 Å². The summed E-state index contributed by atoms with van der Waals surface area (Å²) in [6.45, 7) is 2.81. The highest BCUT2D eigenvalue weighted by Crippen LogP contribution is 2.33. The molecule has 3 aromatic rings. The Morgan fingerprint density at radius 2 is 1.76 bits per heavy atom. The van der Waals surface area contributed by atoms with E-state index in [9.17, 15) is 36.0 Å². The fourth-order valence-electron chi connectivity index (χ4n) is 3.65. The van der Waals surface area contributed by atoms with E-state index in [2.05, 4.69) is 15.0 Å². The molecular weight excluding hydrogens is 524 g/mol. The first kappa shape index (κ1) is 28.7. The number of aryl methyl sites for hydroxylation is 1. The predicted octanol–water partition coefficient (Wildman–Crippen LogP) is 4.56. The van der Waals surface area contributed by atoms with E-state index < -0.39 is 39.5 Å². The van der Waals surface area contributed by atoms with E-state index in [0.717, 1.165) is 18.4 Å². The van der Waals surface area contributed by atoms with Crippen molar-refractivity contribution >= 4 is 15.9 Å². The van der Waals surface area contributed by atoms with Crippen LogP contribution in [-0.2, 0) is 34.1 Å². The molecule has 1 unspecified atom stereocenters. The molecule has 1 atom stereocenters. The van der Waals surface area contributed by atoms with Crippen molar-refractivity contribution in [2.75, 3.05) is 6.26 Å². The average Bonchev–Trinajstić information content (AvgIpc) is 2.84. The molecule has 0 aliphatic rings. The number of nitrogens with zero attached hydrogens (tertiary/aromatic N) is 2. The zero-order valence-corrected chi connectivity index (χ0v) is 21.5. The second kappa shape index (κ2) is 11.3. The number of carbonyl (C=O) groups is 1. The number of carbonyl (C=O) groups excluding carboxylic acids is 1. The second-order valence-electron chi connectivity index (χ2n) is 8.75. The molecule has 38 heavy (non-hydrogen) atoms. The van der Waals surface area contributed by atoms with E-state index in [1.165, 1.54) is 31.2 Å². The summed E-state index contributed by atoms with van der Waals surface area (Å²) >= 11 is 0. The predicted molar refractivity (Wildman–Crippen MR) is 132 cm³/mol. The Hall–Kier alpha value is -3.82. The molecule has 7 nitrogen and oxygen atoms in total. The van der Waals surface area contributed by atoms with Gasteiger partial charge in [0.2, 0.25) is 15.9 Å². The topological polar surface area (TPSA) is 112 Å². The Kier molecular flexibility index (Phi) is 8.54. The van der Waals surface area contributed by atoms with Gasteiger partial charge in [0.25, 0.3) is 0 Å². The van der Waals surface area contributed by atoms with E-state index >= 15 is 0 Å². The fraction of sp³-hybridized carbons (Fsp3) is 0.269. The van der Waals surface area contributed by atoms with Gasteiger partial charge in [0.15, 0.2) is 0 Å². The fourth-order valence-corrected chi connectivity index (χ4v) is 4.06. The number of sulfonamides is 1. The van der Waals surface area contributed by atoms with Crippen LogP contribution in [0.4, 0.5) is 17.6 Å². The van der Waals surface area contributed by atoms with Crippen LogP contribution in [-0.4, -0.2) is 25.6 Å². The van der Waals surface area contributed by atoms with Gasteiger partial charge in [0.1, 0.15) is 11.5 Å². The molecule has 1 heterocycles. The van der Waals surface area contributed by atoms with E-state index in [4.69, 9.17) is 0 Å². The number of halogens is 4. The molecule has 0 aliphatic carbocycles. The zero-order chi connectivity index (χ0) is 28.3. The Morgan fingerprint density at radius 3 is 2.37 bits per heavy atom. The van der Waals surface area contributed by atoms with Crippen LogP contribution >= 0.6 is 0 Å². The molecular formula is C26H24F4N4O3S. The van der Waals surface area contributed by atoms with Crippen molar-refractivity contribution in [3.05, 3.63) is 87.9 Å². The summed E-state index contributed by atoms with van der Waals surface area (Å²) in [5, 5.41) is 12.1. The van der Waals surface area contributed by atoms with Crippen molar-refractivity contribution in [2.45, 2.75) is 39.0 Å². The highest BCUT2D eigenvalue weighted by molar-refractivity contribution is 7.88.